The van der Waals surface area contributed by atoms with Crippen molar-refractivity contribution in [2.75, 3.05) is 6.54 Å². The van der Waals surface area contributed by atoms with Crippen molar-refractivity contribution >= 4 is 27.5 Å². The van der Waals surface area contributed by atoms with Crippen LogP contribution >= 0.6 is 27.5 Å². The van der Waals surface area contributed by atoms with Gasteiger partial charge in [0.1, 0.15) is 5.75 Å². The molecule has 0 saturated carbocycles. The highest BCUT2D eigenvalue weighted by Crippen LogP contribution is 2.21. The fraction of sp³-hybridized carbons (Fsp3) is 0.200. The molecule has 0 aliphatic rings. The highest BCUT2D eigenvalue weighted by Gasteiger charge is 2.00. The molecular weight excluding hydrogens is 265 g/mol. The molecule has 1 rings (SSSR count). The third-order valence-corrected chi connectivity index (χ3v) is 2.57. The highest BCUT2D eigenvalue weighted by molar-refractivity contribution is 9.10. The molecule has 0 saturated heterocycles. The van der Waals surface area contributed by atoms with Gasteiger partial charge in [-0.25, -0.2) is 0 Å². The number of phenols is 1. The standard InChI is InChI=1S/C10H11BrClNO/c1-7(12)5-13-6-8-4-9(14)2-3-10(8)11/h2-4,13-14H,1,5-6H2. The van der Waals surface area contributed by atoms with E-state index in [1.165, 1.54) is 0 Å². The highest BCUT2D eigenvalue weighted by atomic mass is 79.9. The van der Waals surface area contributed by atoms with Crippen LogP contribution in [0.15, 0.2) is 34.3 Å². The number of hydrogen-bond donors (Lipinski definition) is 2. The normalized spacial score (nSPS) is 10.1. The van der Waals surface area contributed by atoms with Crippen LogP contribution in [-0.4, -0.2) is 11.7 Å². The first kappa shape index (κ1) is 11.6. The molecule has 2 N–H and O–H groups in total. The van der Waals surface area contributed by atoms with Crippen LogP contribution in [-0.2, 0) is 6.54 Å². The third-order valence-electron chi connectivity index (χ3n) is 1.66. The van der Waals surface area contributed by atoms with Crippen molar-refractivity contribution in [1.29, 1.82) is 0 Å². The Kier molecular flexibility index (Phi) is 4.45. The smallest absolute Gasteiger partial charge is 0.115 e. The molecule has 0 amide bonds. The summed E-state index contributed by atoms with van der Waals surface area (Å²) in [5.41, 5.74) is 0.989. The molecule has 0 unspecified atom stereocenters. The first-order valence-electron chi connectivity index (χ1n) is 4.11. The Morgan fingerprint density at radius 1 is 1.57 bits per heavy atom. The van der Waals surface area contributed by atoms with Gasteiger partial charge in [0, 0.05) is 22.6 Å². The van der Waals surface area contributed by atoms with E-state index < -0.39 is 0 Å². The Hall–Kier alpha value is -0.510. The predicted octanol–water partition coefficient (Wildman–Crippen LogP) is 3.00. The average molecular weight is 277 g/mol. The summed E-state index contributed by atoms with van der Waals surface area (Å²) in [5, 5.41) is 12.9. The Labute approximate surface area is 96.7 Å². The Balaban J connectivity index is 2.57. The van der Waals surface area contributed by atoms with Crippen LogP contribution in [0.25, 0.3) is 0 Å². The van der Waals surface area contributed by atoms with Gasteiger partial charge >= 0.3 is 0 Å². The molecule has 0 radical (unpaired) electrons. The lowest BCUT2D eigenvalue weighted by Crippen LogP contribution is -2.14. The second kappa shape index (κ2) is 5.39. The van der Waals surface area contributed by atoms with Crippen LogP contribution in [0.4, 0.5) is 0 Å². The Bertz CT molecular complexity index is 341. The number of aromatic hydroxyl groups is 1. The number of rotatable bonds is 4. The van der Waals surface area contributed by atoms with Crippen molar-refractivity contribution in [3.63, 3.8) is 0 Å². The first-order chi connectivity index (χ1) is 6.59. The van der Waals surface area contributed by atoms with E-state index in [9.17, 15) is 5.11 Å². The maximum absolute atomic E-state index is 9.25. The lowest BCUT2D eigenvalue weighted by molar-refractivity contribution is 0.474. The van der Waals surface area contributed by atoms with Crippen molar-refractivity contribution in [3.05, 3.63) is 39.8 Å². The van der Waals surface area contributed by atoms with Gasteiger partial charge in [0.25, 0.3) is 0 Å². The monoisotopic (exact) mass is 275 g/mol. The number of phenolic OH excluding ortho intramolecular Hbond substituents is 1. The van der Waals surface area contributed by atoms with Crippen LogP contribution in [0, 0.1) is 0 Å². The lowest BCUT2D eigenvalue weighted by atomic mass is 10.2. The molecule has 0 heterocycles. The summed E-state index contributed by atoms with van der Waals surface area (Å²) in [6, 6.07) is 5.14. The number of hydrogen-bond acceptors (Lipinski definition) is 2. The van der Waals surface area contributed by atoms with Crippen LogP contribution < -0.4 is 5.32 Å². The second-order valence-corrected chi connectivity index (χ2v) is 4.29. The maximum atomic E-state index is 9.25. The van der Waals surface area contributed by atoms with Gasteiger partial charge in [-0.05, 0) is 23.8 Å². The maximum Gasteiger partial charge on any atom is 0.115 e. The molecule has 76 valence electrons. The molecule has 0 bridgehead atoms. The minimum atomic E-state index is 0.259. The molecule has 0 aromatic heterocycles. The Morgan fingerprint density at radius 3 is 2.93 bits per heavy atom. The van der Waals surface area contributed by atoms with Gasteiger partial charge in [-0.3, -0.25) is 0 Å². The molecular formula is C10H11BrClNO. The molecule has 1 aromatic carbocycles. The van der Waals surface area contributed by atoms with Gasteiger partial charge in [0.15, 0.2) is 0 Å². The minimum absolute atomic E-state index is 0.259. The van der Waals surface area contributed by atoms with Crippen molar-refractivity contribution in [3.8, 4) is 5.75 Å². The summed E-state index contributed by atoms with van der Waals surface area (Å²) in [4.78, 5) is 0. The molecule has 0 fully saturated rings. The van der Waals surface area contributed by atoms with E-state index in [0.717, 1.165) is 10.0 Å². The molecule has 0 aliphatic heterocycles. The van der Waals surface area contributed by atoms with Crippen molar-refractivity contribution < 1.29 is 5.11 Å². The molecule has 4 heteroatoms. The van der Waals surface area contributed by atoms with E-state index >= 15 is 0 Å². The van der Waals surface area contributed by atoms with Gasteiger partial charge in [0.2, 0.25) is 0 Å². The quantitative estimate of drug-likeness (QED) is 0.886. The van der Waals surface area contributed by atoms with E-state index in [1.54, 1.807) is 12.1 Å². The molecule has 2 nitrogen and oxygen atoms in total. The lowest BCUT2D eigenvalue weighted by Gasteiger charge is -2.06. The van der Waals surface area contributed by atoms with Crippen molar-refractivity contribution in [2.45, 2.75) is 6.54 Å². The molecule has 0 aliphatic carbocycles. The topological polar surface area (TPSA) is 32.3 Å². The fourth-order valence-electron chi connectivity index (χ4n) is 1.03. The summed E-state index contributed by atoms with van der Waals surface area (Å²) >= 11 is 8.99. The van der Waals surface area contributed by atoms with Gasteiger partial charge in [-0.1, -0.05) is 34.1 Å². The van der Waals surface area contributed by atoms with Gasteiger partial charge in [0.05, 0.1) is 0 Å². The van der Waals surface area contributed by atoms with Crippen LogP contribution in [0.1, 0.15) is 5.56 Å². The average Bonchev–Trinajstić information content (AvgIpc) is 2.10. The summed E-state index contributed by atoms with van der Waals surface area (Å²) in [6.07, 6.45) is 0. The molecule has 14 heavy (non-hydrogen) atoms. The van der Waals surface area contributed by atoms with E-state index in [1.807, 2.05) is 6.07 Å². The zero-order valence-corrected chi connectivity index (χ0v) is 9.90. The SMILES string of the molecule is C=C(Cl)CNCc1cc(O)ccc1Br. The zero-order chi connectivity index (χ0) is 10.6. The van der Waals surface area contributed by atoms with Gasteiger partial charge in [-0.2, -0.15) is 0 Å². The predicted molar refractivity (Wildman–Crippen MR) is 62.5 cm³/mol. The first-order valence-corrected chi connectivity index (χ1v) is 5.28. The Morgan fingerprint density at radius 2 is 2.29 bits per heavy atom. The van der Waals surface area contributed by atoms with Gasteiger partial charge < -0.3 is 10.4 Å². The van der Waals surface area contributed by atoms with Crippen molar-refractivity contribution in [2.24, 2.45) is 0 Å². The van der Waals surface area contributed by atoms with E-state index in [2.05, 4.69) is 27.8 Å². The molecule has 1 aromatic rings. The van der Waals surface area contributed by atoms with Gasteiger partial charge in [-0.15, -0.1) is 0 Å². The minimum Gasteiger partial charge on any atom is -0.508 e. The third kappa shape index (κ3) is 3.70. The van der Waals surface area contributed by atoms with Crippen LogP contribution in [0.5, 0.6) is 5.75 Å². The van der Waals surface area contributed by atoms with E-state index in [0.29, 0.717) is 18.1 Å². The number of benzene rings is 1. The fourth-order valence-corrected chi connectivity index (χ4v) is 1.51. The van der Waals surface area contributed by atoms with E-state index in [4.69, 9.17) is 11.6 Å². The van der Waals surface area contributed by atoms with Crippen LogP contribution in [0.3, 0.4) is 0 Å². The molecule has 0 spiro atoms. The summed E-state index contributed by atoms with van der Waals surface area (Å²) in [7, 11) is 0. The number of nitrogens with one attached hydrogen (secondary N) is 1. The summed E-state index contributed by atoms with van der Waals surface area (Å²) in [6.45, 7) is 4.77. The zero-order valence-electron chi connectivity index (χ0n) is 7.56. The van der Waals surface area contributed by atoms with Crippen molar-refractivity contribution in [1.82, 2.24) is 5.32 Å². The second-order valence-electron chi connectivity index (χ2n) is 2.90. The van der Waals surface area contributed by atoms with Crippen LogP contribution in [0.2, 0.25) is 0 Å². The molecule has 0 atom stereocenters. The largest absolute Gasteiger partial charge is 0.508 e. The van der Waals surface area contributed by atoms with E-state index in [-0.39, 0.29) is 5.75 Å². The number of halogens is 2. The summed E-state index contributed by atoms with van der Waals surface area (Å²) < 4.78 is 0.961. The summed E-state index contributed by atoms with van der Waals surface area (Å²) in [5.74, 6) is 0.259.